The first kappa shape index (κ1) is 12.0. The van der Waals surface area contributed by atoms with Gasteiger partial charge in [-0.2, -0.15) is 5.26 Å². The Bertz CT molecular complexity index is 404. The number of nitrogens with zero attached hydrogens (tertiary/aromatic N) is 1. The van der Waals surface area contributed by atoms with E-state index in [9.17, 15) is 4.79 Å². The first-order chi connectivity index (χ1) is 7.79. The number of allylic oxidation sites excluding steroid dienone is 1. The molecule has 0 saturated carbocycles. The zero-order valence-corrected chi connectivity index (χ0v) is 9.09. The number of hydrogen-bond donors (Lipinski definition) is 0. The number of Topliss-reactive ketones (excluding diaryl/α,β-unsaturated/α-hetero) is 1. The van der Waals surface area contributed by atoms with Gasteiger partial charge in [-0.25, -0.2) is 0 Å². The van der Waals surface area contributed by atoms with Crippen molar-refractivity contribution in [1.29, 1.82) is 5.26 Å². The van der Waals surface area contributed by atoms with Gasteiger partial charge in [0.05, 0.1) is 18.9 Å². The molecule has 3 heteroatoms. The first-order valence-corrected chi connectivity index (χ1v) is 5.06. The van der Waals surface area contributed by atoms with E-state index in [0.29, 0.717) is 12.2 Å². The summed E-state index contributed by atoms with van der Waals surface area (Å²) in [7, 11) is 0. The van der Waals surface area contributed by atoms with Crippen molar-refractivity contribution >= 4 is 5.78 Å². The van der Waals surface area contributed by atoms with Crippen molar-refractivity contribution in [2.45, 2.75) is 6.92 Å². The zero-order chi connectivity index (χ0) is 11.8. The van der Waals surface area contributed by atoms with Crippen LogP contribution in [0.2, 0.25) is 0 Å². The van der Waals surface area contributed by atoms with E-state index < -0.39 is 5.92 Å². The van der Waals surface area contributed by atoms with Gasteiger partial charge < -0.3 is 4.74 Å². The lowest BCUT2D eigenvalue weighted by Crippen LogP contribution is -2.10. The van der Waals surface area contributed by atoms with Gasteiger partial charge in [0.2, 0.25) is 0 Å². The number of nitriles is 1. The van der Waals surface area contributed by atoms with Crippen molar-refractivity contribution in [1.82, 2.24) is 0 Å². The van der Waals surface area contributed by atoms with Crippen molar-refractivity contribution in [2.24, 2.45) is 5.92 Å². The average molecular weight is 215 g/mol. The van der Waals surface area contributed by atoms with Crippen molar-refractivity contribution < 1.29 is 9.53 Å². The molecule has 0 N–H and O–H groups in total. The predicted octanol–water partition coefficient (Wildman–Crippen LogP) is 2.56. The van der Waals surface area contributed by atoms with Crippen LogP contribution in [0.25, 0.3) is 0 Å². The summed E-state index contributed by atoms with van der Waals surface area (Å²) in [5.41, 5.74) is 0.537. The minimum Gasteiger partial charge on any atom is -0.502 e. The molecular formula is C13H13NO2. The van der Waals surface area contributed by atoms with E-state index in [1.165, 1.54) is 12.3 Å². The fourth-order valence-electron chi connectivity index (χ4n) is 1.20. The summed E-state index contributed by atoms with van der Waals surface area (Å²) in [6.45, 7) is 2.36. The molecule has 1 aromatic rings. The van der Waals surface area contributed by atoms with Gasteiger partial charge in [-0.05, 0) is 13.0 Å². The maximum atomic E-state index is 11.8. The summed E-state index contributed by atoms with van der Waals surface area (Å²) in [4.78, 5) is 11.8. The van der Waals surface area contributed by atoms with E-state index in [1.807, 2.05) is 19.1 Å². The molecule has 0 radical (unpaired) electrons. The predicted molar refractivity (Wildman–Crippen MR) is 60.6 cm³/mol. The second kappa shape index (κ2) is 6.41. The van der Waals surface area contributed by atoms with E-state index in [0.717, 1.165) is 0 Å². The van der Waals surface area contributed by atoms with Crippen LogP contribution in [-0.2, 0) is 4.74 Å². The summed E-state index contributed by atoms with van der Waals surface area (Å²) >= 11 is 0. The number of hydrogen-bond acceptors (Lipinski definition) is 3. The van der Waals surface area contributed by atoms with Gasteiger partial charge in [0.15, 0.2) is 5.78 Å². The number of benzene rings is 1. The lowest BCUT2D eigenvalue weighted by molar-refractivity contribution is 0.0966. The van der Waals surface area contributed by atoms with Gasteiger partial charge in [-0.15, -0.1) is 0 Å². The van der Waals surface area contributed by atoms with Crippen LogP contribution in [0.4, 0.5) is 0 Å². The zero-order valence-electron chi connectivity index (χ0n) is 9.09. The third-order valence-electron chi connectivity index (χ3n) is 2.01. The Morgan fingerprint density at radius 3 is 2.75 bits per heavy atom. The standard InChI is InChI=1S/C13H13NO2/c1-2-16-9-8-12(10-14)13(15)11-6-4-3-5-7-11/h3-9,12H,2H2,1H3. The van der Waals surface area contributed by atoms with Crippen LogP contribution in [0.5, 0.6) is 0 Å². The number of carbonyl (C=O) groups excluding carboxylic acids is 1. The maximum Gasteiger partial charge on any atom is 0.183 e. The molecule has 1 atom stereocenters. The highest BCUT2D eigenvalue weighted by Crippen LogP contribution is 2.09. The molecule has 0 aromatic heterocycles. The molecule has 0 aliphatic carbocycles. The molecule has 0 fully saturated rings. The molecule has 16 heavy (non-hydrogen) atoms. The summed E-state index contributed by atoms with van der Waals surface area (Å²) in [6, 6.07) is 10.7. The van der Waals surface area contributed by atoms with Crippen LogP contribution in [0, 0.1) is 17.2 Å². The normalized spacial score (nSPS) is 12.0. The maximum absolute atomic E-state index is 11.8. The lowest BCUT2D eigenvalue weighted by atomic mass is 9.99. The molecule has 0 bridgehead atoms. The van der Waals surface area contributed by atoms with Gasteiger partial charge in [0, 0.05) is 5.56 Å². The first-order valence-electron chi connectivity index (χ1n) is 5.06. The van der Waals surface area contributed by atoms with Crippen LogP contribution < -0.4 is 0 Å². The second-order valence-electron chi connectivity index (χ2n) is 3.12. The summed E-state index contributed by atoms with van der Waals surface area (Å²) in [5, 5.41) is 8.88. The monoisotopic (exact) mass is 215 g/mol. The fourth-order valence-corrected chi connectivity index (χ4v) is 1.20. The Balaban J connectivity index is 2.75. The van der Waals surface area contributed by atoms with Crippen LogP contribution in [-0.4, -0.2) is 12.4 Å². The summed E-state index contributed by atoms with van der Waals surface area (Å²) in [5.74, 6) is -0.993. The van der Waals surface area contributed by atoms with Crippen molar-refractivity contribution in [3.05, 3.63) is 48.2 Å². The van der Waals surface area contributed by atoms with Crippen LogP contribution >= 0.6 is 0 Å². The largest absolute Gasteiger partial charge is 0.502 e. The van der Waals surface area contributed by atoms with Crippen molar-refractivity contribution in [3.63, 3.8) is 0 Å². The SMILES string of the molecule is CCOC=CC(C#N)C(=O)c1ccccc1. The average Bonchev–Trinajstić information content (AvgIpc) is 2.35. The summed E-state index contributed by atoms with van der Waals surface area (Å²) in [6.07, 6.45) is 2.87. The molecule has 1 rings (SSSR count). The van der Waals surface area contributed by atoms with Gasteiger partial charge in [0.25, 0.3) is 0 Å². The van der Waals surface area contributed by atoms with Gasteiger partial charge in [0.1, 0.15) is 5.92 Å². The minimum absolute atomic E-state index is 0.209. The number of ether oxygens (including phenoxy) is 1. The highest BCUT2D eigenvalue weighted by atomic mass is 16.5. The number of carbonyl (C=O) groups is 1. The quantitative estimate of drug-likeness (QED) is 0.560. The molecule has 0 spiro atoms. The molecule has 0 saturated heterocycles. The Morgan fingerprint density at radius 1 is 1.50 bits per heavy atom. The van der Waals surface area contributed by atoms with E-state index in [4.69, 9.17) is 10.00 Å². The topological polar surface area (TPSA) is 50.1 Å². The third-order valence-corrected chi connectivity index (χ3v) is 2.01. The minimum atomic E-state index is -0.783. The van der Waals surface area contributed by atoms with Crippen molar-refractivity contribution in [3.8, 4) is 6.07 Å². The lowest BCUT2D eigenvalue weighted by Gasteiger charge is -2.02. The molecule has 3 nitrogen and oxygen atoms in total. The Labute approximate surface area is 95.0 Å². The molecule has 82 valence electrons. The number of rotatable bonds is 5. The summed E-state index contributed by atoms with van der Waals surface area (Å²) < 4.78 is 4.97. The molecule has 0 aliphatic heterocycles. The number of ketones is 1. The molecule has 0 heterocycles. The van der Waals surface area contributed by atoms with E-state index in [2.05, 4.69) is 0 Å². The Hall–Kier alpha value is -2.08. The van der Waals surface area contributed by atoms with Gasteiger partial charge in [-0.1, -0.05) is 30.3 Å². The Kier molecular flexibility index (Phi) is 4.81. The molecule has 1 unspecified atom stereocenters. The molecule has 1 aromatic carbocycles. The Morgan fingerprint density at radius 2 is 2.19 bits per heavy atom. The highest BCUT2D eigenvalue weighted by molar-refractivity contribution is 6.00. The van der Waals surface area contributed by atoms with E-state index >= 15 is 0 Å². The van der Waals surface area contributed by atoms with E-state index in [1.54, 1.807) is 24.3 Å². The molecule has 0 amide bonds. The van der Waals surface area contributed by atoms with Gasteiger partial charge in [-0.3, -0.25) is 4.79 Å². The molecular weight excluding hydrogens is 202 g/mol. The fraction of sp³-hybridized carbons (Fsp3) is 0.231. The van der Waals surface area contributed by atoms with Crippen molar-refractivity contribution in [2.75, 3.05) is 6.61 Å². The van der Waals surface area contributed by atoms with Gasteiger partial charge >= 0.3 is 0 Å². The van der Waals surface area contributed by atoms with Crippen LogP contribution in [0.15, 0.2) is 42.7 Å². The van der Waals surface area contributed by atoms with Crippen LogP contribution in [0.3, 0.4) is 0 Å². The van der Waals surface area contributed by atoms with Crippen LogP contribution in [0.1, 0.15) is 17.3 Å². The van der Waals surface area contributed by atoms with E-state index in [-0.39, 0.29) is 5.78 Å². The smallest absolute Gasteiger partial charge is 0.183 e. The highest BCUT2D eigenvalue weighted by Gasteiger charge is 2.16. The third kappa shape index (κ3) is 3.25. The second-order valence-corrected chi connectivity index (χ2v) is 3.12. The molecule has 0 aliphatic rings.